The lowest BCUT2D eigenvalue weighted by atomic mass is 9.44. The highest BCUT2D eigenvalue weighted by Crippen LogP contribution is 2.66. The van der Waals surface area contributed by atoms with Crippen molar-refractivity contribution in [2.45, 2.75) is 71.8 Å². The Kier molecular flexibility index (Phi) is 3.49. The molecule has 2 aliphatic carbocycles. The lowest BCUT2D eigenvalue weighted by molar-refractivity contribution is -0.184. The van der Waals surface area contributed by atoms with Crippen molar-refractivity contribution in [3.63, 3.8) is 0 Å². The molecule has 4 atom stereocenters. The molecule has 5 rings (SSSR count). The van der Waals surface area contributed by atoms with Gasteiger partial charge in [-0.3, -0.25) is 4.79 Å². The van der Waals surface area contributed by atoms with Crippen molar-refractivity contribution in [1.29, 1.82) is 0 Å². The zero-order valence-electron chi connectivity index (χ0n) is 16.9. The monoisotopic (exact) mass is 370 g/mol. The van der Waals surface area contributed by atoms with Gasteiger partial charge in [-0.1, -0.05) is 34.1 Å². The van der Waals surface area contributed by atoms with E-state index < -0.39 is 0 Å². The van der Waals surface area contributed by atoms with Gasteiger partial charge in [0.05, 0.1) is 0 Å². The average molecular weight is 370 g/mol. The quantitative estimate of drug-likeness (QED) is 0.640. The van der Waals surface area contributed by atoms with Gasteiger partial charge >= 0.3 is 0 Å². The summed E-state index contributed by atoms with van der Waals surface area (Å²) in [5.41, 5.74) is 1.84. The highest BCUT2D eigenvalue weighted by atomic mass is 16.7. The molecule has 2 saturated carbocycles. The molecule has 2 heterocycles. The van der Waals surface area contributed by atoms with Crippen LogP contribution in [0.5, 0.6) is 17.2 Å². The van der Waals surface area contributed by atoms with Gasteiger partial charge in [-0.2, -0.15) is 0 Å². The van der Waals surface area contributed by atoms with Gasteiger partial charge in [0, 0.05) is 17.4 Å². The third-order valence-corrected chi connectivity index (χ3v) is 8.46. The van der Waals surface area contributed by atoms with Crippen molar-refractivity contribution in [2.75, 3.05) is 6.79 Å². The van der Waals surface area contributed by atoms with Crippen LogP contribution in [0.25, 0.3) is 0 Å². The smallest absolute Gasteiger partial charge is 0.231 e. The molecule has 4 heteroatoms. The Morgan fingerprint density at radius 1 is 1.11 bits per heavy atom. The highest BCUT2D eigenvalue weighted by molar-refractivity contribution is 5.87. The molecule has 1 aromatic rings. The molecule has 4 aliphatic rings. The first-order chi connectivity index (χ1) is 12.8. The summed E-state index contributed by atoms with van der Waals surface area (Å²) >= 11 is 0. The summed E-state index contributed by atoms with van der Waals surface area (Å²) in [5, 5.41) is 0. The van der Waals surface area contributed by atoms with Crippen LogP contribution < -0.4 is 14.2 Å². The Morgan fingerprint density at radius 3 is 2.70 bits per heavy atom. The van der Waals surface area contributed by atoms with Crippen molar-refractivity contribution in [3.05, 3.63) is 17.2 Å². The van der Waals surface area contributed by atoms with E-state index in [-0.39, 0.29) is 17.8 Å². The standard InChI is InChI=1S/C23H30O4/c1-14-6-7-18-21(2,3)8-5-9-22(18,4)23(14)11-15-10-17-20(26-13-25-17)16(12-24)19(15)27-23/h10,12,14,18H,5-9,11,13H2,1-4H3/t14-,18?,22+,23?/m1/s1. The number of aldehydes is 1. The molecule has 0 saturated heterocycles. The van der Waals surface area contributed by atoms with Gasteiger partial charge in [0.2, 0.25) is 6.79 Å². The van der Waals surface area contributed by atoms with Crippen LogP contribution in [0.3, 0.4) is 0 Å². The second-order valence-corrected chi connectivity index (χ2v) is 10.1. The molecule has 0 N–H and O–H groups in total. The Labute approximate surface area is 161 Å². The van der Waals surface area contributed by atoms with E-state index in [0.29, 0.717) is 34.3 Å². The van der Waals surface area contributed by atoms with Crippen molar-refractivity contribution >= 4 is 6.29 Å². The minimum atomic E-state index is -0.247. The fraction of sp³-hybridized carbons (Fsp3) is 0.696. The first-order valence-corrected chi connectivity index (χ1v) is 10.4. The van der Waals surface area contributed by atoms with Crippen LogP contribution in [0.1, 0.15) is 75.7 Å². The van der Waals surface area contributed by atoms with E-state index in [2.05, 4.69) is 27.7 Å². The molecule has 0 bridgehead atoms. The van der Waals surface area contributed by atoms with Gasteiger partial charge in [-0.05, 0) is 49.0 Å². The number of rotatable bonds is 1. The Hall–Kier alpha value is -1.71. The summed E-state index contributed by atoms with van der Waals surface area (Å²) in [6.45, 7) is 9.86. The second-order valence-electron chi connectivity index (χ2n) is 10.1. The highest BCUT2D eigenvalue weighted by Gasteiger charge is 2.65. The minimum absolute atomic E-state index is 0.109. The molecule has 0 aromatic heterocycles. The largest absolute Gasteiger partial charge is 0.485 e. The molecule has 2 aliphatic heterocycles. The van der Waals surface area contributed by atoms with Crippen molar-refractivity contribution < 1.29 is 19.0 Å². The lowest BCUT2D eigenvalue weighted by Gasteiger charge is -2.63. The van der Waals surface area contributed by atoms with E-state index >= 15 is 0 Å². The van der Waals surface area contributed by atoms with Gasteiger partial charge in [-0.15, -0.1) is 0 Å². The van der Waals surface area contributed by atoms with Crippen LogP contribution in [0.4, 0.5) is 0 Å². The van der Waals surface area contributed by atoms with Crippen LogP contribution in [0.15, 0.2) is 6.07 Å². The van der Waals surface area contributed by atoms with Crippen LogP contribution in [-0.4, -0.2) is 18.7 Å². The SMILES string of the molecule is C[C@@H]1CCC2C(C)(C)CCC[C@]2(C)C12Cc1cc3c(c(C=O)c1O2)OCO3. The minimum Gasteiger partial charge on any atom is -0.485 e. The van der Waals surface area contributed by atoms with Gasteiger partial charge in [-0.25, -0.2) is 0 Å². The van der Waals surface area contributed by atoms with Crippen LogP contribution >= 0.6 is 0 Å². The van der Waals surface area contributed by atoms with Crippen molar-refractivity contribution in [1.82, 2.24) is 0 Å². The van der Waals surface area contributed by atoms with Crippen molar-refractivity contribution in [2.24, 2.45) is 22.7 Å². The zero-order chi connectivity index (χ0) is 19.0. The predicted molar refractivity (Wildman–Crippen MR) is 103 cm³/mol. The molecule has 4 nitrogen and oxygen atoms in total. The normalized spacial score (nSPS) is 38.2. The molecule has 2 unspecified atom stereocenters. The topological polar surface area (TPSA) is 44.8 Å². The van der Waals surface area contributed by atoms with E-state index in [1.54, 1.807) is 0 Å². The van der Waals surface area contributed by atoms with E-state index in [1.165, 1.54) is 32.1 Å². The van der Waals surface area contributed by atoms with E-state index in [9.17, 15) is 4.79 Å². The predicted octanol–water partition coefficient (Wildman–Crippen LogP) is 5.16. The fourth-order valence-electron chi connectivity index (χ4n) is 7.11. The summed E-state index contributed by atoms with van der Waals surface area (Å²) in [6.07, 6.45) is 7.93. The number of hydrogen-bond acceptors (Lipinski definition) is 4. The Morgan fingerprint density at radius 2 is 1.93 bits per heavy atom. The maximum atomic E-state index is 11.9. The second kappa shape index (κ2) is 5.42. The molecule has 0 radical (unpaired) electrons. The number of ether oxygens (including phenoxy) is 3. The van der Waals surface area contributed by atoms with Gasteiger partial charge in [0.15, 0.2) is 17.8 Å². The Bertz CT molecular complexity index is 813. The fourth-order valence-corrected chi connectivity index (χ4v) is 7.11. The molecule has 0 amide bonds. The van der Waals surface area contributed by atoms with Crippen molar-refractivity contribution in [3.8, 4) is 17.2 Å². The maximum Gasteiger partial charge on any atom is 0.231 e. The van der Waals surface area contributed by atoms with Crippen LogP contribution in [0, 0.1) is 22.7 Å². The number of carbonyl (C=O) groups is 1. The number of fused-ring (bicyclic) bond motifs is 4. The Balaban J connectivity index is 1.65. The van der Waals surface area contributed by atoms with Crippen LogP contribution in [-0.2, 0) is 6.42 Å². The van der Waals surface area contributed by atoms with E-state index in [1.807, 2.05) is 6.07 Å². The number of hydrogen-bond donors (Lipinski definition) is 0. The first-order valence-electron chi connectivity index (χ1n) is 10.4. The summed E-state index contributed by atoms with van der Waals surface area (Å²) in [6, 6.07) is 2.05. The zero-order valence-corrected chi connectivity index (χ0v) is 16.9. The molecular formula is C23H30O4. The van der Waals surface area contributed by atoms with E-state index in [4.69, 9.17) is 14.2 Å². The van der Waals surface area contributed by atoms with E-state index in [0.717, 1.165) is 24.0 Å². The number of benzene rings is 1. The summed E-state index contributed by atoms with van der Waals surface area (Å²) in [4.78, 5) is 11.9. The summed E-state index contributed by atoms with van der Waals surface area (Å²) in [7, 11) is 0. The molecule has 146 valence electrons. The first kappa shape index (κ1) is 17.4. The molecule has 2 fully saturated rings. The van der Waals surface area contributed by atoms with Crippen LogP contribution in [0.2, 0.25) is 0 Å². The third kappa shape index (κ3) is 2.07. The summed E-state index contributed by atoms with van der Waals surface area (Å²) in [5.74, 6) is 3.08. The molecule has 27 heavy (non-hydrogen) atoms. The molecule has 1 aromatic carbocycles. The molecule has 1 spiro atoms. The number of carbonyl (C=O) groups excluding carboxylic acids is 1. The van der Waals surface area contributed by atoms with Gasteiger partial charge in [0.25, 0.3) is 0 Å². The third-order valence-electron chi connectivity index (χ3n) is 8.46. The molecular weight excluding hydrogens is 340 g/mol. The summed E-state index contributed by atoms with van der Waals surface area (Å²) < 4.78 is 18.1. The lowest BCUT2D eigenvalue weighted by Crippen LogP contribution is -2.64. The van der Waals surface area contributed by atoms with Gasteiger partial charge < -0.3 is 14.2 Å². The average Bonchev–Trinajstić information content (AvgIpc) is 3.22. The maximum absolute atomic E-state index is 11.9. The van der Waals surface area contributed by atoms with Gasteiger partial charge in [0.1, 0.15) is 16.9 Å².